The van der Waals surface area contributed by atoms with Crippen molar-refractivity contribution >= 4 is 6.29 Å². The summed E-state index contributed by atoms with van der Waals surface area (Å²) in [6.07, 6.45) is 9.93. The Morgan fingerprint density at radius 2 is 1.39 bits per heavy atom. The first kappa shape index (κ1) is 24.9. The molecule has 2 saturated carbocycles. The van der Waals surface area contributed by atoms with E-state index in [1.165, 1.54) is 32.7 Å². The molecule has 0 aromatic heterocycles. The monoisotopic (exact) mass is 327 g/mol. The van der Waals surface area contributed by atoms with Gasteiger partial charge in [0, 0.05) is 12.6 Å². The van der Waals surface area contributed by atoms with Gasteiger partial charge in [0.25, 0.3) is 0 Å². The maximum Gasteiger partial charge on any atom is 0.116 e. The van der Waals surface area contributed by atoms with Gasteiger partial charge in [-0.15, -0.1) is 0 Å². The van der Waals surface area contributed by atoms with Crippen LogP contribution in [0.1, 0.15) is 93.9 Å². The molecule has 0 aromatic carbocycles. The molecule has 1 heterocycles. The van der Waals surface area contributed by atoms with Crippen molar-refractivity contribution in [1.82, 2.24) is 4.90 Å². The molecule has 0 aromatic rings. The molecule has 1 aliphatic heterocycles. The van der Waals surface area contributed by atoms with Gasteiger partial charge < -0.3 is 9.69 Å². The Morgan fingerprint density at radius 1 is 0.957 bits per heavy atom. The molecule has 0 amide bonds. The van der Waals surface area contributed by atoms with Crippen LogP contribution in [0.2, 0.25) is 0 Å². The third kappa shape index (κ3) is 7.37. The van der Waals surface area contributed by atoms with Crippen molar-refractivity contribution in [3.05, 3.63) is 0 Å². The van der Waals surface area contributed by atoms with Crippen molar-refractivity contribution in [2.45, 2.75) is 100.0 Å². The summed E-state index contributed by atoms with van der Waals surface area (Å²) in [6.45, 7) is 17.2. The summed E-state index contributed by atoms with van der Waals surface area (Å²) in [7, 11) is 2.31. The average Bonchev–Trinajstić information content (AvgIpc) is 2.95. The minimum atomic E-state index is 0.750. The van der Waals surface area contributed by atoms with Gasteiger partial charge in [-0.3, -0.25) is 0 Å². The third-order valence-electron chi connectivity index (χ3n) is 5.24. The molecule has 23 heavy (non-hydrogen) atoms. The Bertz CT molecular complexity index is 261. The van der Waals surface area contributed by atoms with Gasteiger partial charge in [-0.1, -0.05) is 67.2 Å². The summed E-state index contributed by atoms with van der Waals surface area (Å²) in [4.78, 5) is 11.4. The van der Waals surface area contributed by atoms with E-state index < -0.39 is 0 Å². The van der Waals surface area contributed by atoms with Crippen LogP contribution in [0.15, 0.2) is 0 Å². The second-order valence-corrected chi connectivity index (χ2v) is 6.42. The van der Waals surface area contributed by atoms with E-state index >= 15 is 0 Å². The van der Waals surface area contributed by atoms with Crippen molar-refractivity contribution in [2.75, 3.05) is 13.6 Å². The first-order valence-corrected chi connectivity index (χ1v) is 10.2. The van der Waals surface area contributed by atoms with Gasteiger partial charge in [-0.2, -0.15) is 0 Å². The lowest BCUT2D eigenvalue weighted by molar-refractivity contribution is -0.106. The Balaban J connectivity index is 0. The van der Waals surface area contributed by atoms with E-state index in [-0.39, 0.29) is 0 Å². The minimum absolute atomic E-state index is 0.750. The summed E-state index contributed by atoms with van der Waals surface area (Å²) < 4.78 is 0. The number of carbonyl (C=O) groups excluding carboxylic acids is 1. The van der Waals surface area contributed by atoms with Gasteiger partial charge in [0.05, 0.1) is 0 Å². The predicted molar refractivity (Wildman–Crippen MR) is 105 cm³/mol. The molecule has 0 bridgehead atoms. The molecule has 0 radical (unpaired) electrons. The number of rotatable bonds is 1. The number of aldehydes is 1. The first-order valence-electron chi connectivity index (χ1n) is 10.2. The maximum absolute atomic E-state index is 8.81. The van der Waals surface area contributed by atoms with Crippen LogP contribution < -0.4 is 0 Å². The molecule has 1 spiro atoms. The van der Waals surface area contributed by atoms with Crippen LogP contribution >= 0.6 is 0 Å². The van der Waals surface area contributed by atoms with E-state index in [1.54, 1.807) is 19.3 Å². The second-order valence-electron chi connectivity index (χ2n) is 6.42. The highest BCUT2D eigenvalue weighted by molar-refractivity contribution is 5.44. The summed E-state index contributed by atoms with van der Waals surface area (Å²) in [5, 5.41) is 0. The Labute approximate surface area is 147 Å². The van der Waals surface area contributed by atoms with E-state index in [0.29, 0.717) is 0 Å². The van der Waals surface area contributed by atoms with Gasteiger partial charge in [0.1, 0.15) is 6.29 Å². The van der Waals surface area contributed by atoms with Crippen LogP contribution in [0.3, 0.4) is 0 Å². The van der Waals surface area contributed by atoms with Crippen molar-refractivity contribution in [1.29, 1.82) is 0 Å². The van der Waals surface area contributed by atoms with Gasteiger partial charge in [0.15, 0.2) is 0 Å². The molecule has 2 heteroatoms. The zero-order chi connectivity index (χ0) is 18.5. The van der Waals surface area contributed by atoms with Crippen molar-refractivity contribution < 1.29 is 4.79 Å². The minimum Gasteiger partial charge on any atom is -0.304 e. The van der Waals surface area contributed by atoms with E-state index in [2.05, 4.69) is 18.9 Å². The van der Waals surface area contributed by atoms with Crippen LogP contribution in [-0.4, -0.2) is 30.8 Å². The molecule has 2 unspecified atom stereocenters. The molecule has 140 valence electrons. The lowest BCUT2D eigenvalue weighted by Gasteiger charge is -2.14. The van der Waals surface area contributed by atoms with Crippen molar-refractivity contribution in [2.24, 2.45) is 17.3 Å². The number of nitrogens with zero attached hydrogens (tertiary/aromatic N) is 1. The largest absolute Gasteiger partial charge is 0.304 e. The van der Waals surface area contributed by atoms with Crippen LogP contribution in [-0.2, 0) is 4.79 Å². The Morgan fingerprint density at radius 3 is 1.74 bits per heavy atom. The standard InChI is InChI=1S/C13H23N.C2H4O.3C2H6/c1-10-7-13(9-14(10)2)8-12(13)11-5-3-4-6-11;1-2-3;3*1-2/h10-12H,3-9H2,1-2H3;2H,1H3;3*1-2H3/t10?,12?,13-;;;;/m1..../s1. The smallest absolute Gasteiger partial charge is 0.116 e. The SMILES string of the molecule is CC.CC.CC.CC1C[C@@]2(CC2C2CCCC2)CN1C.CC=O. The lowest BCUT2D eigenvalue weighted by Crippen LogP contribution is -2.22. The quantitative estimate of drug-likeness (QED) is 0.535. The summed E-state index contributed by atoms with van der Waals surface area (Å²) in [5.41, 5.74) is 0.795. The normalized spacial score (nSPS) is 31.3. The zero-order valence-corrected chi connectivity index (χ0v) is 17.6. The van der Waals surface area contributed by atoms with Crippen LogP contribution in [0.4, 0.5) is 0 Å². The van der Waals surface area contributed by atoms with Crippen molar-refractivity contribution in [3.8, 4) is 0 Å². The maximum atomic E-state index is 8.81. The van der Waals surface area contributed by atoms with Gasteiger partial charge >= 0.3 is 0 Å². The fourth-order valence-electron chi connectivity index (χ4n) is 4.28. The molecule has 2 nitrogen and oxygen atoms in total. The molecule has 0 N–H and O–H groups in total. The highest BCUT2D eigenvalue weighted by Gasteiger charge is 2.60. The summed E-state index contributed by atoms with van der Waals surface area (Å²) in [6, 6.07) is 0.849. The molecule has 3 rings (SSSR count). The Kier molecular flexibility index (Phi) is 15.2. The molecular weight excluding hydrogens is 282 g/mol. The van der Waals surface area contributed by atoms with E-state index in [1.807, 2.05) is 41.5 Å². The number of carbonyl (C=O) groups is 1. The molecule has 1 saturated heterocycles. The topological polar surface area (TPSA) is 20.3 Å². The van der Waals surface area contributed by atoms with Gasteiger partial charge in [-0.05, 0) is 51.0 Å². The van der Waals surface area contributed by atoms with E-state index in [9.17, 15) is 0 Å². The number of likely N-dealkylation sites (tertiary alicyclic amines) is 1. The number of hydrogen-bond acceptors (Lipinski definition) is 2. The summed E-state index contributed by atoms with van der Waals surface area (Å²) >= 11 is 0. The van der Waals surface area contributed by atoms with Crippen LogP contribution in [0, 0.1) is 17.3 Å². The van der Waals surface area contributed by atoms with E-state index in [4.69, 9.17) is 4.79 Å². The molecule has 2 aliphatic carbocycles. The average molecular weight is 328 g/mol. The van der Waals surface area contributed by atoms with Crippen LogP contribution in [0.5, 0.6) is 0 Å². The summed E-state index contributed by atoms with van der Waals surface area (Å²) in [5.74, 6) is 2.24. The molecular formula is C21H45NO. The predicted octanol–water partition coefficient (Wildman–Crippen LogP) is 6.19. The Hall–Kier alpha value is -0.370. The highest BCUT2D eigenvalue weighted by atomic mass is 16.1. The molecule has 3 fully saturated rings. The molecule has 3 atom stereocenters. The van der Waals surface area contributed by atoms with Gasteiger partial charge in [0.2, 0.25) is 0 Å². The fraction of sp³-hybridized carbons (Fsp3) is 0.952. The van der Waals surface area contributed by atoms with Gasteiger partial charge in [-0.25, -0.2) is 0 Å². The van der Waals surface area contributed by atoms with Crippen molar-refractivity contribution in [3.63, 3.8) is 0 Å². The highest BCUT2D eigenvalue weighted by Crippen LogP contribution is 2.64. The second kappa shape index (κ2) is 14.0. The number of hydrogen-bond donors (Lipinski definition) is 0. The third-order valence-corrected chi connectivity index (χ3v) is 5.24. The van der Waals surface area contributed by atoms with E-state index in [0.717, 1.165) is 29.6 Å². The first-order chi connectivity index (χ1) is 11.1. The molecule has 3 aliphatic rings. The zero-order valence-electron chi connectivity index (χ0n) is 17.6. The fourth-order valence-corrected chi connectivity index (χ4v) is 4.28. The lowest BCUT2D eigenvalue weighted by atomic mass is 9.92. The van der Waals surface area contributed by atoms with Crippen LogP contribution in [0.25, 0.3) is 0 Å².